The summed E-state index contributed by atoms with van der Waals surface area (Å²) in [4.78, 5) is 0. The number of nitrogens with one attached hydrogen (secondary N) is 1. The lowest BCUT2D eigenvalue weighted by atomic mass is 10.1. The first-order valence-electron chi connectivity index (χ1n) is 5.91. The molecule has 4 heteroatoms. The van der Waals surface area contributed by atoms with Gasteiger partial charge in [0.15, 0.2) is 0 Å². The molecule has 0 bridgehead atoms. The minimum absolute atomic E-state index is 0.195. The van der Waals surface area contributed by atoms with E-state index in [4.69, 9.17) is 4.74 Å². The first-order chi connectivity index (χ1) is 7.29. The van der Waals surface area contributed by atoms with E-state index in [9.17, 15) is 4.21 Å². The van der Waals surface area contributed by atoms with Crippen molar-refractivity contribution in [2.75, 3.05) is 26.0 Å². The van der Waals surface area contributed by atoms with Crippen LogP contribution in [0.2, 0.25) is 0 Å². The van der Waals surface area contributed by atoms with Crippen molar-refractivity contribution in [3.8, 4) is 0 Å². The highest BCUT2D eigenvalue weighted by Crippen LogP contribution is 2.14. The third kappa shape index (κ3) is 4.21. The lowest BCUT2D eigenvalue weighted by Gasteiger charge is -2.30. The van der Waals surface area contributed by atoms with Gasteiger partial charge in [-0.3, -0.25) is 4.21 Å². The molecule has 0 saturated carbocycles. The minimum Gasteiger partial charge on any atom is -0.380 e. The largest absolute Gasteiger partial charge is 0.380 e. The van der Waals surface area contributed by atoms with Crippen molar-refractivity contribution in [1.29, 1.82) is 0 Å². The molecule has 0 radical (unpaired) electrons. The number of ether oxygens (including phenoxy) is 1. The minimum atomic E-state index is -0.725. The molecule has 90 valence electrons. The van der Waals surface area contributed by atoms with Gasteiger partial charge >= 0.3 is 0 Å². The van der Waals surface area contributed by atoms with Crippen LogP contribution in [0.25, 0.3) is 0 Å². The zero-order chi connectivity index (χ0) is 11.1. The lowest BCUT2D eigenvalue weighted by molar-refractivity contribution is 0.0838. The first-order valence-corrected chi connectivity index (χ1v) is 7.30. The topological polar surface area (TPSA) is 38.3 Å². The Morgan fingerprint density at radius 1 is 1.47 bits per heavy atom. The van der Waals surface area contributed by atoms with Crippen LogP contribution in [0.1, 0.15) is 32.6 Å². The third-order valence-corrected chi connectivity index (χ3v) is 4.79. The van der Waals surface area contributed by atoms with Crippen LogP contribution in [-0.4, -0.2) is 41.5 Å². The molecule has 1 N–H and O–H groups in total. The molecule has 0 aromatic heterocycles. The van der Waals surface area contributed by atoms with Crippen molar-refractivity contribution in [3.05, 3.63) is 0 Å². The van der Waals surface area contributed by atoms with E-state index in [0.29, 0.717) is 12.6 Å². The van der Waals surface area contributed by atoms with E-state index in [1.807, 2.05) is 7.05 Å². The summed E-state index contributed by atoms with van der Waals surface area (Å²) in [5.41, 5.74) is 0. The molecule has 1 fully saturated rings. The molecular formula is C11H23NO2S. The van der Waals surface area contributed by atoms with E-state index in [0.717, 1.165) is 25.2 Å². The van der Waals surface area contributed by atoms with Gasteiger partial charge in [0.25, 0.3) is 0 Å². The molecular weight excluding hydrogens is 210 g/mol. The molecule has 0 aromatic carbocycles. The molecule has 0 spiro atoms. The van der Waals surface area contributed by atoms with Crippen molar-refractivity contribution < 1.29 is 8.95 Å². The van der Waals surface area contributed by atoms with E-state index in [2.05, 4.69) is 12.2 Å². The van der Waals surface area contributed by atoms with Crippen LogP contribution < -0.4 is 5.32 Å². The Balaban J connectivity index is 2.34. The molecule has 1 saturated heterocycles. The van der Waals surface area contributed by atoms with Crippen molar-refractivity contribution in [3.63, 3.8) is 0 Å². The highest BCUT2D eigenvalue weighted by molar-refractivity contribution is 7.85. The summed E-state index contributed by atoms with van der Waals surface area (Å²) >= 11 is 0. The predicted octanol–water partition coefficient (Wildman–Crippen LogP) is 1.30. The van der Waals surface area contributed by atoms with Crippen molar-refractivity contribution in [2.45, 2.75) is 43.9 Å². The van der Waals surface area contributed by atoms with Crippen LogP contribution >= 0.6 is 0 Å². The second-order valence-corrected chi connectivity index (χ2v) is 5.86. The fourth-order valence-electron chi connectivity index (χ4n) is 1.95. The van der Waals surface area contributed by atoms with Gasteiger partial charge in [0.05, 0.1) is 11.9 Å². The fourth-order valence-corrected chi connectivity index (χ4v) is 3.62. The Hall–Kier alpha value is 0.0700. The molecule has 1 aliphatic heterocycles. The van der Waals surface area contributed by atoms with Crippen molar-refractivity contribution in [1.82, 2.24) is 5.32 Å². The van der Waals surface area contributed by atoms with Crippen molar-refractivity contribution in [2.24, 2.45) is 0 Å². The van der Waals surface area contributed by atoms with Gasteiger partial charge in [0, 0.05) is 29.2 Å². The summed E-state index contributed by atoms with van der Waals surface area (Å²) in [5.74, 6) is 0.833. The average molecular weight is 233 g/mol. The standard InChI is InChI=1S/C11H23NO2S/c1-3-4-5-8-15(13)11-9-14-7-6-10(11)12-2/h10-12H,3-9H2,1-2H3. The van der Waals surface area contributed by atoms with Gasteiger partial charge in [-0.15, -0.1) is 0 Å². The van der Waals surface area contributed by atoms with Crippen molar-refractivity contribution >= 4 is 10.8 Å². The molecule has 3 nitrogen and oxygen atoms in total. The summed E-state index contributed by atoms with van der Waals surface area (Å²) in [6.45, 7) is 3.63. The zero-order valence-corrected chi connectivity index (χ0v) is 10.6. The molecule has 3 atom stereocenters. The predicted molar refractivity (Wildman–Crippen MR) is 64.6 cm³/mol. The summed E-state index contributed by atoms with van der Waals surface area (Å²) < 4.78 is 17.4. The molecule has 0 amide bonds. The van der Waals surface area contributed by atoms with E-state index in [1.54, 1.807) is 0 Å². The second kappa shape index (κ2) is 7.36. The number of rotatable bonds is 6. The Bertz CT molecular complexity index is 199. The maximum Gasteiger partial charge on any atom is 0.0735 e. The quantitative estimate of drug-likeness (QED) is 0.703. The average Bonchev–Trinajstić information content (AvgIpc) is 2.29. The van der Waals surface area contributed by atoms with E-state index in [-0.39, 0.29) is 5.25 Å². The van der Waals surface area contributed by atoms with Crippen LogP contribution in [0, 0.1) is 0 Å². The zero-order valence-electron chi connectivity index (χ0n) is 9.83. The van der Waals surface area contributed by atoms with E-state index in [1.165, 1.54) is 12.8 Å². The van der Waals surface area contributed by atoms with Gasteiger partial charge in [-0.2, -0.15) is 0 Å². The summed E-state index contributed by atoms with van der Waals surface area (Å²) in [5, 5.41) is 3.45. The van der Waals surface area contributed by atoms with Gasteiger partial charge in [-0.25, -0.2) is 0 Å². The Labute approximate surface area is 95.4 Å². The normalized spacial score (nSPS) is 28.9. The Morgan fingerprint density at radius 3 is 2.93 bits per heavy atom. The third-order valence-electron chi connectivity index (χ3n) is 2.96. The highest BCUT2D eigenvalue weighted by Gasteiger charge is 2.28. The molecule has 1 rings (SSSR count). The van der Waals surface area contributed by atoms with Gasteiger partial charge in [-0.1, -0.05) is 19.8 Å². The maximum absolute atomic E-state index is 12.0. The summed E-state index contributed by atoms with van der Waals surface area (Å²) in [6.07, 6.45) is 4.44. The van der Waals surface area contributed by atoms with Gasteiger partial charge in [0.1, 0.15) is 0 Å². The van der Waals surface area contributed by atoms with Gasteiger partial charge in [-0.05, 0) is 19.9 Å². The molecule has 3 unspecified atom stereocenters. The Kier molecular flexibility index (Phi) is 6.45. The number of hydrogen-bond acceptors (Lipinski definition) is 3. The van der Waals surface area contributed by atoms with Crippen LogP contribution in [-0.2, 0) is 15.5 Å². The number of hydrogen-bond donors (Lipinski definition) is 1. The summed E-state index contributed by atoms with van der Waals surface area (Å²) in [7, 11) is 1.23. The summed E-state index contributed by atoms with van der Waals surface area (Å²) in [6, 6.07) is 0.376. The lowest BCUT2D eigenvalue weighted by Crippen LogP contribution is -2.47. The van der Waals surface area contributed by atoms with Gasteiger partial charge in [0.2, 0.25) is 0 Å². The van der Waals surface area contributed by atoms with Crippen LogP contribution in [0.5, 0.6) is 0 Å². The molecule has 0 aromatic rings. The van der Waals surface area contributed by atoms with Crippen LogP contribution in [0.15, 0.2) is 0 Å². The second-order valence-electron chi connectivity index (χ2n) is 4.09. The van der Waals surface area contributed by atoms with E-state index < -0.39 is 10.8 Å². The maximum atomic E-state index is 12.0. The molecule has 0 aliphatic carbocycles. The number of unbranched alkanes of at least 4 members (excludes halogenated alkanes) is 2. The van der Waals surface area contributed by atoms with Crippen LogP contribution in [0.3, 0.4) is 0 Å². The van der Waals surface area contributed by atoms with E-state index >= 15 is 0 Å². The first kappa shape index (κ1) is 13.1. The van der Waals surface area contributed by atoms with Gasteiger partial charge < -0.3 is 10.1 Å². The monoisotopic (exact) mass is 233 g/mol. The SMILES string of the molecule is CCCCCS(=O)C1COCCC1NC. The van der Waals surface area contributed by atoms with Crippen LogP contribution in [0.4, 0.5) is 0 Å². The Morgan fingerprint density at radius 2 is 2.27 bits per heavy atom. The smallest absolute Gasteiger partial charge is 0.0735 e. The highest BCUT2D eigenvalue weighted by atomic mass is 32.2. The molecule has 15 heavy (non-hydrogen) atoms. The molecule has 1 heterocycles. The molecule has 1 aliphatic rings. The fraction of sp³-hybridized carbons (Fsp3) is 1.00.